The summed E-state index contributed by atoms with van der Waals surface area (Å²) in [6.45, 7) is 0.691. The van der Waals surface area contributed by atoms with Gasteiger partial charge in [0.1, 0.15) is 6.61 Å². The zero-order chi connectivity index (χ0) is 16.2. The summed E-state index contributed by atoms with van der Waals surface area (Å²) in [5, 5.41) is 10.1. The highest BCUT2D eigenvalue weighted by Crippen LogP contribution is 2.32. The predicted molar refractivity (Wildman–Crippen MR) is 89.7 cm³/mol. The summed E-state index contributed by atoms with van der Waals surface area (Å²) in [7, 11) is 0. The van der Waals surface area contributed by atoms with E-state index < -0.39 is 6.09 Å². The van der Waals surface area contributed by atoms with Crippen LogP contribution in [0.1, 0.15) is 11.1 Å². The quantitative estimate of drug-likeness (QED) is 0.934. The minimum atomic E-state index is -0.407. The number of aliphatic hydroxyl groups is 1. The third-order valence-corrected chi connectivity index (χ3v) is 4.20. The van der Waals surface area contributed by atoms with Gasteiger partial charge in [-0.25, -0.2) is 4.79 Å². The van der Waals surface area contributed by atoms with Crippen molar-refractivity contribution in [1.29, 1.82) is 0 Å². The van der Waals surface area contributed by atoms with Crippen LogP contribution in [-0.4, -0.2) is 24.4 Å². The Kier molecular flexibility index (Phi) is 4.84. The van der Waals surface area contributed by atoms with E-state index in [-0.39, 0.29) is 19.1 Å². The van der Waals surface area contributed by atoms with E-state index in [2.05, 4.69) is 0 Å². The Hall–Kier alpha value is -2.04. The number of halogens is 1. The summed E-state index contributed by atoms with van der Waals surface area (Å²) in [5.74, 6) is -0.00904. The van der Waals surface area contributed by atoms with Gasteiger partial charge in [0.2, 0.25) is 0 Å². The lowest BCUT2D eigenvalue weighted by Gasteiger charge is -2.33. The first-order valence-corrected chi connectivity index (χ1v) is 7.92. The lowest BCUT2D eigenvalue weighted by Crippen LogP contribution is -2.41. The number of hydrogen-bond acceptors (Lipinski definition) is 3. The highest BCUT2D eigenvalue weighted by molar-refractivity contribution is 6.30. The molecule has 0 aliphatic carbocycles. The molecule has 1 aliphatic heterocycles. The second-order valence-corrected chi connectivity index (χ2v) is 6.11. The van der Waals surface area contributed by atoms with Crippen molar-refractivity contribution < 1.29 is 14.6 Å². The highest BCUT2D eigenvalue weighted by Gasteiger charge is 2.29. The summed E-state index contributed by atoms with van der Waals surface area (Å²) >= 11 is 6.04. The number of carbonyl (C=O) groups excluding carboxylic acids is 1. The minimum absolute atomic E-state index is 0.00904. The van der Waals surface area contributed by atoms with Gasteiger partial charge in [0, 0.05) is 24.1 Å². The SMILES string of the molecule is O=C(OCc1ccccc1)N1CC(CO)Cc2cc(Cl)ccc21. The summed E-state index contributed by atoms with van der Waals surface area (Å²) < 4.78 is 5.42. The molecule has 0 saturated heterocycles. The minimum Gasteiger partial charge on any atom is -0.444 e. The van der Waals surface area contributed by atoms with Gasteiger partial charge >= 0.3 is 6.09 Å². The van der Waals surface area contributed by atoms with Gasteiger partial charge < -0.3 is 9.84 Å². The fraction of sp³-hybridized carbons (Fsp3) is 0.278. The molecule has 0 aromatic heterocycles. The standard InChI is InChI=1S/C18H18ClNO3/c19-16-6-7-17-15(9-16)8-14(11-21)10-20(17)18(22)23-12-13-4-2-1-3-5-13/h1-7,9,14,21H,8,10-12H2. The first-order chi connectivity index (χ1) is 11.2. The van der Waals surface area contributed by atoms with Gasteiger partial charge in [0.15, 0.2) is 0 Å². The Balaban J connectivity index is 1.77. The Bertz CT molecular complexity index is 690. The number of rotatable bonds is 3. The maximum absolute atomic E-state index is 12.5. The van der Waals surface area contributed by atoms with Gasteiger partial charge in [-0.2, -0.15) is 0 Å². The van der Waals surface area contributed by atoms with Gasteiger partial charge in [-0.05, 0) is 35.7 Å². The Morgan fingerprint density at radius 1 is 1.26 bits per heavy atom. The Morgan fingerprint density at radius 3 is 2.78 bits per heavy atom. The molecular weight excluding hydrogens is 314 g/mol. The number of nitrogens with zero attached hydrogens (tertiary/aromatic N) is 1. The second kappa shape index (κ2) is 7.02. The molecule has 1 heterocycles. The Labute approximate surface area is 140 Å². The van der Waals surface area contributed by atoms with Crippen molar-refractivity contribution in [1.82, 2.24) is 0 Å². The van der Waals surface area contributed by atoms with Crippen molar-refractivity contribution in [2.45, 2.75) is 13.0 Å². The van der Waals surface area contributed by atoms with E-state index >= 15 is 0 Å². The molecule has 0 radical (unpaired) electrons. The van der Waals surface area contributed by atoms with Crippen LogP contribution in [0.3, 0.4) is 0 Å². The van der Waals surface area contributed by atoms with Crippen molar-refractivity contribution in [3.63, 3.8) is 0 Å². The fourth-order valence-corrected chi connectivity index (χ4v) is 3.00. The number of benzene rings is 2. The molecule has 1 aliphatic rings. The van der Waals surface area contributed by atoms with E-state index in [4.69, 9.17) is 16.3 Å². The molecular formula is C18H18ClNO3. The topological polar surface area (TPSA) is 49.8 Å². The van der Waals surface area contributed by atoms with Gasteiger partial charge in [-0.1, -0.05) is 41.9 Å². The molecule has 1 unspecified atom stereocenters. The Morgan fingerprint density at radius 2 is 2.04 bits per heavy atom. The average molecular weight is 332 g/mol. The molecule has 1 N–H and O–H groups in total. The number of aliphatic hydroxyl groups excluding tert-OH is 1. The predicted octanol–water partition coefficient (Wildman–Crippen LogP) is 3.65. The molecule has 120 valence electrons. The summed E-state index contributed by atoms with van der Waals surface area (Å²) in [6, 6.07) is 15.0. The van der Waals surface area contributed by atoms with E-state index in [0.717, 1.165) is 16.8 Å². The van der Waals surface area contributed by atoms with Gasteiger partial charge in [-0.3, -0.25) is 4.90 Å². The monoisotopic (exact) mass is 331 g/mol. The van der Waals surface area contributed by atoms with Crippen LogP contribution < -0.4 is 4.90 Å². The molecule has 23 heavy (non-hydrogen) atoms. The molecule has 0 fully saturated rings. The maximum atomic E-state index is 12.5. The number of amides is 1. The molecule has 2 aromatic rings. The van der Waals surface area contributed by atoms with Crippen molar-refractivity contribution in [3.05, 3.63) is 64.7 Å². The normalized spacial score (nSPS) is 16.8. The highest BCUT2D eigenvalue weighted by atomic mass is 35.5. The van der Waals surface area contributed by atoms with Crippen LogP contribution in [0.25, 0.3) is 0 Å². The molecule has 4 nitrogen and oxygen atoms in total. The van der Waals surface area contributed by atoms with Crippen LogP contribution in [0.15, 0.2) is 48.5 Å². The number of hydrogen-bond donors (Lipinski definition) is 1. The summed E-state index contributed by atoms with van der Waals surface area (Å²) in [6.07, 6.45) is 0.296. The zero-order valence-electron chi connectivity index (χ0n) is 12.6. The zero-order valence-corrected chi connectivity index (χ0v) is 13.4. The molecule has 1 atom stereocenters. The fourth-order valence-electron chi connectivity index (χ4n) is 2.81. The molecule has 0 saturated carbocycles. The molecule has 0 spiro atoms. The number of fused-ring (bicyclic) bond motifs is 1. The van der Waals surface area contributed by atoms with Crippen LogP contribution in [0.2, 0.25) is 5.02 Å². The lowest BCUT2D eigenvalue weighted by molar-refractivity contribution is 0.142. The van der Waals surface area contributed by atoms with E-state index in [0.29, 0.717) is 18.0 Å². The van der Waals surface area contributed by atoms with Crippen LogP contribution in [0.4, 0.5) is 10.5 Å². The van der Waals surface area contributed by atoms with E-state index in [9.17, 15) is 9.90 Å². The number of ether oxygens (including phenoxy) is 1. The van der Waals surface area contributed by atoms with E-state index in [1.807, 2.05) is 42.5 Å². The first-order valence-electron chi connectivity index (χ1n) is 7.55. The summed E-state index contributed by atoms with van der Waals surface area (Å²) in [4.78, 5) is 14.1. The van der Waals surface area contributed by atoms with Gasteiger partial charge in [0.25, 0.3) is 0 Å². The second-order valence-electron chi connectivity index (χ2n) is 5.68. The van der Waals surface area contributed by atoms with E-state index in [1.54, 1.807) is 11.0 Å². The van der Waals surface area contributed by atoms with Crippen molar-refractivity contribution in [2.24, 2.45) is 5.92 Å². The third kappa shape index (κ3) is 3.66. The lowest BCUT2D eigenvalue weighted by atomic mass is 9.93. The van der Waals surface area contributed by atoms with Crippen molar-refractivity contribution in [3.8, 4) is 0 Å². The van der Waals surface area contributed by atoms with Crippen LogP contribution >= 0.6 is 11.6 Å². The number of anilines is 1. The molecule has 2 aromatic carbocycles. The number of carbonyl (C=O) groups is 1. The smallest absolute Gasteiger partial charge is 0.414 e. The third-order valence-electron chi connectivity index (χ3n) is 3.97. The van der Waals surface area contributed by atoms with E-state index in [1.165, 1.54) is 0 Å². The summed E-state index contributed by atoms with van der Waals surface area (Å²) in [5.41, 5.74) is 2.70. The van der Waals surface area contributed by atoms with Crippen molar-refractivity contribution in [2.75, 3.05) is 18.1 Å². The van der Waals surface area contributed by atoms with Gasteiger partial charge in [0.05, 0.1) is 5.69 Å². The molecule has 1 amide bonds. The van der Waals surface area contributed by atoms with Gasteiger partial charge in [-0.15, -0.1) is 0 Å². The molecule has 0 bridgehead atoms. The average Bonchev–Trinajstić information content (AvgIpc) is 2.59. The maximum Gasteiger partial charge on any atom is 0.414 e. The molecule has 3 rings (SSSR count). The van der Waals surface area contributed by atoms with Crippen molar-refractivity contribution >= 4 is 23.4 Å². The van der Waals surface area contributed by atoms with Crippen LogP contribution in [-0.2, 0) is 17.8 Å². The first kappa shape index (κ1) is 15.8. The largest absolute Gasteiger partial charge is 0.444 e. The molecule has 5 heteroatoms. The van der Waals surface area contributed by atoms with Crippen LogP contribution in [0.5, 0.6) is 0 Å². The van der Waals surface area contributed by atoms with Crippen LogP contribution in [0, 0.1) is 5.92 Å².